The van der Waals surface area contributed by atoms with E-state index < -0.39 is 6.04 Å². The first-order valence-corrected chi connectivity index (χ1v) is 15.9. The van der Waals surface area contributed by atoms with Crippen LogP contribution in [0.1, 0.15) is 94.8 Å². The van der Waals surface area contributed by atoms with Crippen LogP contribution in [0, 0.1) is 11.8 Å². The Balaban J connectivity index is 1.79. The van der Waals surface area contributed by atoms with Crippen molar-refractivity contribution >= 4 is 34.2 Å². The lowest BCUT2D eigenvalue weighted by Crippen LogP contribution is -2.48. The van der Waals surface area contributed by atoms with E-state index in [4.69, 9.17) is 4.98 Å². The van der Waals surface area contributed by atoms with E-state index in [1.807, 2.05) is 18.2 Å². The second-order valence-corrected chi connectivity index (χ2v) is 12.4. The molecule has 2 atom stereocenters. The van der Waals surface area contributed by atoms with Gasteiger partial charge in [0.2, 0.25) is 5.91 Å². The van der Waals surface area contributed by atoms with Crippen molar-refractivity contribution in [1.82, 2.24) is 25.1 Å². The van der Waals surface area contributed by atoms with Crippen LogP contribution in [0.25, 0.3) is 11.0 Å². The summed E-state index contributed by atoms with van der Waals surface area (Å²) in [7, 11) is 0. The van der Waals surface area contributed by atoms with Crippen LogP contribution >= 0.6 is 11.3 Å². The van der Waals surface area contributed by atoms with Gasteiger partial charge in [-0.05, 0) is 73.8 Å². The number of rotatable bonds is 16. The van der Waals surface area contributed by atoms with Crippen molar-refractivity contribution in [2.75, 3.05) is 26.2 Å². The van der Waals surface area contributed by atoms with Gasteiger partial charge in [0.05, 0.1) is 11.0 Å². The molecule has 0 spiro atoms. The van der Waals surface area contributed by atoms with Gasteiger partial charge in [-0.25, -0.2) is 4.98 Å². The normalized spacial score (nSPS) is 13.3. The van der Waals surface area contributed by atoms with Crippen molar-refractivity contribution in [2.24, 2.45) is 11.8 Å². The molecule has 1 aromatic carbocycles. The predicted molar refractivity (Wildman–Crippen MR) is 167 cm³/mol. The first-order valence-electron chi connectivity index (χ1n) is 15.0. The summed E-state index contributed by atoms with van der Waals surface area (Å²) in [6, 6.07) is 9.73. The molecule has 0 aliphatic heterocycles. The zero-order valence-electron chi connectivity index (χ0n) is 25.5. The number of hydrogen-bond donors (Lipinski definition) is 2. The number of hydrogen-bond acceptors (Lipinski definition) is 5. The largest absolute Gasteiger partial charge is 0.354 e. The van der Waals surface area contributed by atoms with Crippen LogP contribution in [0.15, 0.2) is 35.7 Å². The summed E-state index contributed by atoms with van der Waals surface area (Å²) >= 11 is 1.74. The van der Waals surface area contributed by atoms with Gasteiger partial charge in [0.1, 0.15) is 11.9 Å². The van der Waals surface area contributed by atoms with E-state index in [0.29, 0.717) is 30.5 Å². The van der Waals surface area contributed by atoms with Crippen molar-refractivity contribution in [3.63, 3.8) is 0 Å². The molecule has 3 rings (SSSR count). The first kappa shape index (κ1) is 31.8. The molecule has 0 aliphatic carbocycles. The molecule has 0 bridgehead atoms. The quantitative estimate of drug-likeness (QED) is 0.213. The van der Waals surface area contributed by atoms with Gasteiger partial charge >= 0.3 is 0 Å². The number of imidazole rings is 1. The van der Waals surface area contributed by atoms with Crippen LogP contribution in [-0.4, -0.2) is 58.5 Å². The zero-order chi connectivity index (χ0) is 29.2. The average Bonchev–Trinajstić information content (AvgIpc) is 3.58. The molecule has 7 nitrogen and oxygen atoms in total. The molecule has 3 aromatic rings. The van der Waals surface area contributed by atoms with Gasteiger partial charge in [0, 0.05) is 36.0 Å². The minimum Gasteiger partial charge on any atom is -0.354 e. The number of amides is 2. The Hall–Kier alpha value is -2.71. The van der Waals surface area contributed by atoms with E-state index in [1.54, 1.807) is 11.3 Å². The smallest absolute Gasteiger partial charge is 0.252 e. The number of nitrogens with zero attached hydrogens (tertiary/aromatic N) is 3. The fraction of sp³-hybridized carbons (Fsp3) is 0.594. The minimum atomic E-state index is -0.583. The Morgan fingerprint density at radius 2 is 1.77 bits per heavy atom. The zero-order valence-corrected chi connectivity index (χ0v) is 26.3. The fourth-order valence-corrected chi connectivity index (χ4v) is 6.08. The van der Waals surface area contributed by atoms with Crippen molar-refractivity contribution in [2.45, 2.75) is 86.2 Å². The highest BCUT2D eigenvalue weighted by molar-refractivity contribution is 7.09. The van der Waals surface area contributed by atoms with Crippen LogP contribution in [-0.2, 0) is 11.2 Å². The van der Waals surface area contributed by atoms with Crippen LogP contribution in [0.2, 0.25) is 0 Å². The molecule has 40 heavy (non-hydrogen) atoms. The molecule has 0 radical (unpaired) electrons. The molecule has 0 saturated carbocycles. The van der Waals surface area contributed by atoms with Gasteiger partial charge < -0.3 is 20.1 Å². The number of fused-ring (bicyclic) bond motifs is 1. The van der Waals surface area contributed by atoms with E-state index >= 15 is 0 Å². The summed E-state index contributed by atoms with van der Waals surface area (Å²) in [6.45, 7) is 18.5. The highest BCUT2D eigenvalue weighted by Crippen LogP contribution is 2.28. The van der Waals surface area contributed by atoms with E-state index in [-0.39, 0.29) is 17.7 Å². The Bertz CT molecular complexity index is 1210. The summed E-state index contributed by atoms with van der Waals surface area (Å²) in [6.07, 6.45) is 3.38. The monoisotopic (exact) mass is 567 g/mol. The van der Waals surface area contributed by atoms with E-state index in [0.717, 1.165) is 55.8 Å². The van der Waals surface area contributed by atoms with Crippen molar-refractivity contribution in [1.29, 1.82) is 0 Å². The summed E-state index contributed by atoms with van der Waals surface area (Å²) in [5, 5.41) is 8.21. The van der Waals surface area contributed by atoms with Gasteiger partial charge in [0.15, 0.2) is 0 Å². The molecule has 8 heteroatoms. The lowest BCUT2D eigenvalue weighted by Gasteiger charge is -2.24. The minimum absolute atomic E-state index is 0.120. The van der Waals surface area contributed by atoms with E-state index in [2.05, 4.69) is 86.1 Å². The molecule has 2 aromatic heterocycles. The van der Waals surface area contributed by atoms with E-state index in [9.17, 15) is 9.59 Å². The number of nitrogens with one attached hydrogen (secondary N) is 2. The maximum atomic E-state index is 13.4. The number of benzene rings is 1. The first-order chi connectivity index (χ1) is 19.2. The predicted octanol–water partition coefficient (Wildman–Crippen LogP) is 6.29. The number of aromatic nitrogens is 2. The van der Waals surface area contributed by atoms with E-state index in [1.165, 1.54) is 4.88 Å². The molecule has 0 saturated heterocycles. The van der Waals surface area contributed by atoms with Crippen LogP contribution in [0.3, 0.4) is 0 Å². The molecular formula is C32H49N5O2S. The van der Waals surface area contributed by atoms with Gasteiger partial charge in [0.25, 0.3) is 5.91 Å². The lowest BCUT2D eigenvalue weighted by molar-refractivity contribution is -0.123. The SMILES string of the molecule is CCC(CC)n1c(Cc2cccs2)nc2cc(C(=O)N[C@@H](CC(C)C)C(=O)NCC(C)CN(CC)CC)ccc21. The van der Waals surface area contributed by atoms with Gasteiger partial charge in [-0.2, -0.15) is 0 Å². The van der Waals surface area contributed by atoms with Crippen LogP contribution in [0.4, 0.5) is 0 Å². The van der Waals surface area contributed by atoms with Gasteiger partial charge in [-0.3, -0.25) is 9.59 Å². The summed E-state index contributed by atoms with van der Waals surface area (Å²) < 4.78 is 2.35. The topological polar surface area (TPSA) is 79.3 Å². The van der Waals surface area contributed by atoms with Crippen LogP contribution in [0.5, 0.6) is 0 Å². The summed E-state index contributed by atoms with van der Waals surface area (Å²) in [4.78, 5) is 35.2. The third-order valence-electron chi connectivity index (χ3n) is 7.66. The molecule has 220 valence electrons. The Morgan fingerprint density at radius 1 is 1.05 bits per heavy atom. The molecule has 0 fully saturated rings. The van der Waals surface area contributed by atoms with Gasteiger partial charge in [-0.15, -0.1) is 11.3 Å². The third kappa shape index (κ3) is 8.40. The molecule has 2 heterocycles. The second kappa shape index (κ2) is 15.3. The number of thiophene rings is 1. The van der Waals surface area contributed by atoms with Crippen molar-refractivity contribution in [3.05, 3.63) is 52.0 Å². The summed E-state index contributed by atoms with van der Waals surface area (Å²) in [5.41, 5.74) is 2.40. The molecule has 0 aliphatic rings. The molecular weight excluding hydrogens is 518 g/mol. The maximum Gasteiger partial charge on any atom is 0.252 e. The van der Waals surface area contributed by atoms with Crippen molar-refractivity contribution in [3.8, 4) is 0 Å². The highest BCUT2D eigenvalue weighted by Gasteiger charge is 2.24. The molecule has 1 unspecified atom stereocenters. The summed E-state index contributed by atoms with van der Waals surface area (Å²) in [5.74, 6) is 1.26. The molecule has 2 N–H and O–H groups in total. The van der Waals surface area contributed by atoms with Crippen LogP contribution < -0.4 is 10.6 Å². The molecule has 2 amide bonds. The number of carbonyl (C=O) groups is 2. The second-order valence-electron chi connectivity index (χ2n) is 11.3. The number of carbonyl (C=O) groups excluding carboxylic acids is 2. The standard InChI is InChI=1S/C32H49N5O2S/c1-8-25(9-2)37-29-15-14-24(18-27(29)34-30(37)19-26-13-12-16-40-26)31(38)35-28(17-22(5)6)32(39)33-20-23(7)21-36(10-3)11-4/h12-16,18,22-23,25,28H,8-11,17,19-21H2,1-7H3,(H,33,39)(H,35,38)/t23?,28-/m0/s1. The highest BCUT2D eigenvalue weighted by atomic mass is 32.1. The lowest BCUT2D eigenvalue weighted by atomic mass is 10.0. The Labute approximate surface area is 244 Å². The fourth-order valence-electron chi connectivity index (χ4n) is 5.37. The Kier molecular flexibility index (Phi) is 12.2. The third-order valence-corrected chi connectivity index (χ3v) is 8.54. The maximum absolute atomic E-state index is 13.4. The Morgan fingerprint density at radius 3 is 2.38 bits per heavy atom. The average molecular weight is 568 g/mol. The van der Waals surface area contributed by atoms with Gasteiger partial charge in [-0.1, -0.05) is 54.5 Å². The van der Waals surface area contributed by atoms with Crippen molar-refractivity contribution < 1.29 is 9.59 Å².